The van der Waals surface area contributed by atoms with Crippen molar-refractivity contribution < 1.29 is 4.79 Å². The number of hydrogen-bond acceptors (Lipinski definition) is 5. The van der Waals surface area contributed by atoms with Crippen LogP contribution in [0.5, 0.6) is 0 Å². The topological polar surface area (TPSA) is 78.9 Å². The Kier molecular flexibility index (Phi) is 5.66. The lowest BCUT2D eigenvalue weighted by Crippen LogP contribution is -2.06. The van der Waals surface area contributed by atoms with Gasteiger partial charge in [0.2, 0.25) is 5.91 Å². The fourth-order valence-corrected chi connectivity index (χ4v) is 2.65. The molecule has 138 valence electrons. The summed E-state index contributed by atoms with van der Waals surface area (Å²) in [6.07, 6.45) is 0. The van der Waals surface area contributed by atoms with E-state index in [4.69, 9.17) is 0 Å². The molecule has 0 bridgehead atoms. The third-order valence-corrected chi connectivity index (χ3v) is 3.89. The Morgan fingerprint density at radius 1 is 0.926 bits per heavy atom. The van der Waals surface area contributed by atoms with Gasteiger partial charge < -0.3 is 16.0 Å². The zero-order chi connectivity index (χ0) is 19.2. The van der Waals surface area contributed by atoms with E-state index >= 15 is 0 Å². The Hall–Kier alpha value is -3.41. The first-order valence-corrected chi connectivity index (χ1v) is 8.78. The highest BCUT2D eigenvalue weighted by molar-refractivity contribution is 5.89. The molecule has 3 N–H and O–H groups in total. The molecule has 3 rings (SSSR count). The van der Waals surface area contributed by atoms with Crippen molar-refractivity contribution in [1.29, 1.82) is 0 Å². The minimum Gasteiger partial charge on any atom is -0.366 e. The number of nitrogens with zero attached hydrogens (tertiary/aromatic N) is 2. The average molecular weight is 361 g/mol. The highest BCUT2D eigenvalue weighted by Gasteiger charge is 2.04. The van der Waals surface area contributed by atoms with Crippen LogP contribution in [0.15, 0.2) is 54.6 Å². The van der Waals surface area contributed by atoms with Gasteiger partial charge in [-0.3, -0.25) is 4.79 Å². The second-order valence-electron chi connectivity index (χ2n) is 6.41. The van der Waals surface area contributed by atoms with Crippen LogP contribution >= 0.6 is 0 Å². The van der Waals surface area contributed by atoms with Gasteiger partial charge in [-0.2, -0.15) is 0 Å². The fourth-order valence-electron chi connectivity index (χ4n) is 2.65. The summed E-state index contributed by atoms with van der Waals surface area (Å²) in [5.74, 6) is 2.01. The molecule has 6 heteroatoms. The molecule has 0 unspecified atom stereocenters. The van der Waals surface area contributed by atoms with Crippen molar-refractivity contribution in [2.45, 2.75) is 27.3 Å². The van der Waals surface area contributed by atoms with Gasteiger partial charge >= 0.3 is 0 Å². The van der Waals surface area contributed by atoms with Gasteiger partial charge in [-0.05, 0) is 37.6 Å². The van der Waals surface area contributed by atoms with Crippen molar-refractivity contribution in [3.63, 3.8) is 0 Å². The Balaban J connectivity index is 1.71. The monoisotopic (exact) mass is 361 g/mol. The predicted octanol–water partition coefficient (Wildman–Crippen LogP) is 4.41. The van der Waals surface area contributed by atoms with Crippen molar-refractivity contribution >= 4 is 28.9 Å². The van der Waals surface area contributed by atoms with Crippen molar-refractivity contribution in [3.05, 3.63) is 71.5 Å². The molecule has 0 atom stereocenters. The van der Waals surface area contributed by atoms with E-state index in [2.05, 4.69) is 57.1 Å². The SMILES string of the molecule is CC(=O)Nc1cccc(Nc2cc(NCc3ccc(C)cc3)nc(C)n2)c1. The van der Waals surface area contributed by atoms with E-state index in [0.717, 1.165) is 17.2 Å². The van der Waals surface area contributed by atoms with E-state index in [1.807, 2.05) is 37.3 Å². The Morgan fingerprint density at radius 3 is 2.37 bits per heavy atom. The van der Waals surface area contributed by atoms with E-state index in [1.54, 1.807) is 0 Å². The standard InChI is InChI=1S/C21H23N5O/c1-14-7-9-17(10-8-14)13-22-20-12-21(24-15(2)23-20)26-19-6-4-5-18(11-19)25-16(3)27/h4-12H,13H2,1-3H3,(H,25,27)(H2,22,23,24,26). The van der Waals surface area contributed by atoms with Crippen LogP contribution in [-0.2, 0) is 11.3 Å². The van der Waals surface area contributed by atoms with Crippen LogP contribution in [0.2, 0.25) is 0 Å². The first-order chi connectivity index (χ1) is 13.0. The van der Waals surface area contributed by atoms with Crippen LogP contribution in [0.3, 0.4) is 0 Å². The zero-order valence-electron chi connectivity index (χ0n) is 15.7. The Morgan fingerprint density at radius 2 is 1.63 bits per heavy atom. The molecule has 0 fully saturated rings. The summed E-state index contributed by atoms with van der Waals surface area (Å²) in [4.78, 5) is 20.1. The van der Waals surface area contributed by atoms with Crippen LogP contribution in [0.4, 0.5) is 23.0 Å². The first kappa shape index (κ1) is 18.4. The molecule has 0 saturated heterocycles. The number of aromatic nitrogens is 2. The summed E-state index contributed by atoms with van der Waals surface area (Å²) in [6, 6.07) is 17.7. The van der Waals surface area contributed by atoms with Gasteiger partial charge in [0, 0.05) is 30.9 Å². The number of aryl methyl sites for hydroxylation is 2. The van der Waals surface area contributed by atoms with Gasteiger partial charge in [-0.1, -0.05) is 35.9 Å². The molecule has 3 aromatic rings. The summed E-state index contributed by atoms with van der Waals surface area (Å²) >= 11 is 0. The van der Waals surface area contributed by atoms with Crippen molar-refractivity contribution in [1.82, 2.24) is 9.97 Å². The number of hydrogen-bond donors (Lipinski definition) is 3. The van der Waals surface area contributed by atoms with Crippen LogP contribution < -0.4 is 16.0 Å². The van der Waals surface area contributed by atoms with Gasteiger partial charge in [0.05, 0.1) is 0 Å². The second-order valence-corrected chi connectivity index (χ2v) is 6.41. The Labute approximate surface area is 159 Å². The maximum Gasteiger partial charge on any atom is 0.221 e. The minimum absolute atomic E-state index is 0.104. The van der Waals surface area contributed by atoms with E-state index in [0.29, 0.717) is 18.2 Å². The summed E-state index contributed by atoms with van der Waals surface area (Å²) in [6.45, 7) is 6.11. The van der Waals surface area contributed by atoms with Gasteiger partial charge in [0.15, 0.2) is 0 Å². The van der Waals surface area contributed by atoms with Crippen LogP contribution in [0.1, 0.15) is 23.9 Å². The summed E-state index contributed by atoms with van der Waals surface area (Å²) in [5, 5.41) is 9.37. The van der Waals surface area contributed by atoms with E-state index in [1.165, 1.54) is 18.1 Å². The average Bonchev–Trinajstić information content (AvgIpc) is 2.60. The number of benzene rings is 2. The molecule has 0 saturated carbocycles. The third-order valence-electron chi connectivity index (χ3n) is 3.89. The van der Waals surface area contributed by atoms with Crippen LogP contribution in [-0.4, -0.2) is 15.9 Å². The molecule has 0 radical (unpaired) electrons. The van der Waals surface area contributed by atoms with Crippen molar-refractivity contribution in [2.24, 2.45) is 0 Å². The molecular weight excluding hydrogens is 338 g/mol. The predicted molar refractivity (Wildman–Crippen MR) is 109 cm³/mol. The number of amides is 1. The van der Waals surface area contributed by atoms with Crippen LogP contribution in [0.25, 0.3) is 0 Å². The van der Waals surface area contributed by atoms with E-state index in [9.17, 15) is 4.79 Å². The quantitative estimate of drug-likeness (QED) is 0.606. The smallest absolute Gasteiger partial charge is 0.221 e. The third kappa shape index (κ3) is 5.54. The molecule has 27 heavy (non-hydrogen) atoms. The van der Waals surface area contributed by atoms with Crippen LogP contribution in [0, 0.1) is 13.8 Å². The number of anilines is 4. The molecule has 1 aromatic heterocycles. The number of carbonyl (C=O) groups excluding carboxylic acids is 1. The number of nitrogens with one attached hydrogen (secondary N) is 3. The molecule has 0 aliphatic rings. The molecule has 1 heterocycles. The lowest BCUT2D eigenvalue weighted by Gasteiger charge is -2.11. The lowest BCUT2D eigenvalue weighted by atomic mass is 10.1. The highest BCUT2D eigenvalue weighted by Crippen LogP contribution is 2.21. The van der Waals surface area contributed by atoms with Gasteiger partial charge in [-0.15, -0.1) is 0 Å². The maximum atomic E-state index is 11.2. The van der Waals surface area contributed by atoms with Gasteiger partial charge in [0.25, 0.3) is 0 Å². The zero-order valence-corrected chi connectivity index (χ0v) is 15.7. The highest BCUT2D eigenvalue weighted by atomic mass is 16.1. The Bertz CT molecular complexity index is 938. The van der Waals surface area contributed by atoms with Crippen molar-refractivity contribution in [2.75, 3.05) is 16.0 Å². The normalized spacial score (nSPS) is 10.3. The number of carbonyl (C=O) groups is 1. The summed E-state index contributed by atoms with van der Waals surface area (Å²) in [7, 11) is 0. The second kappa shape index (κ2) is 8.31. The van der Waals surface area contributed by atoms with E-state index < -0.39 is 0 Å². The largest absolute Gasteiger partial charge is 0.366 e. The molecule has 0 spiro atoms. The van der Waals surface area contributed by atoms with Gasteiger partial charge in [0.1, 0.15) is 17.5 Å². The van der Waals surface area contributed by atoms with Gasteiger partial charge in [-0.25, -0.2) is 9.97 Å². The molecule has 1 amide bonds. The summed E-state index contributed by atoms with van der Waals surface area (Å²) < 4.78 is 0. The van der Waals surface area contributed by atoms with Crippen molar-refractivity contribution in [3.8, 4) is 0 Å². The molecule has 2 aromatic carbocycles. The number of rotatable bonds is 6. The minimum atomic E-state index is -0.104. The molecular formula is C21H23N5O. The summed E-state index contributed by atoms with van der Waals surface area (Å²) in [5.41, 5.74) is 4.00. The fraction of sp³-hybridized carbons (Fsp3) is 0.190. The first-order valence-electron chi connectivity index (χ1n) is 8.78. The molecule has 0 aliphatic heterocycles. The lowest BCUT2D eigenvalue weighted by molar-refractivity contribution is -0.114. The molecule has 6 nitrogen and oxygen atoms in total. The molecule has 0 aliphatic carbocycles. The van der Waals surface area contributed by atoms with E-state index in [-0.39, 0.29) is 5.91 Å². The maximum absolute atomic E-state index is 11.2.